The maximum absolute atomic E-state index is 11.9. The molecule has 2 N–H and O–H groups in total. The average molecular weight is 326 g/mol. The van der Waals surface area contributed by atoms with E-state index in [2.05, 4.69) is 10.6 Å². The van der Waals surface area contributed by atoms with Gasteiger partial charge >= 0.3 is 6.03 Å². The van der Waals surface area contributed by atoms with Gasteiger partial charge in [0.05, 0.1) is 6.61 Å². The van der Waals surface area contributed by atoms with Crippen LogP contribution in [0, 0.1) is 0 Å². The van der Waals surface area contributed by atoms with Crippen LogP contribution in [0.2, 0.25) is 0 Å². The predicted molar refractivity (Wildman–Crippen MR) is 91.6 cm³/mol. The van der Waals surface area contributed by atoms with Crippen molar-refractivity contribution in [3.05, 3.63) is 29.8 Å². The van der Waals surface area contributed by atoms with Crippen LogP contribution in [-0.4, -0.2) is 35.8 Å². The van der Waals surface area contributed by atoms with Crippen LogP contribution in [0.1, 0.15) is 32.3 Å². The molecule has 1 aromatic carbocycles. The van der Waals surface area contributed by atoms with Gasteiger partial charge in [-0.25, -0.2) is 4.79 Å². The summed E-state index contributed by atoms with van der Waals surface area (Å²) in [6, 6.07) is 7.44. The Morgan fingerprint density at radius 3 is 2.68 bits per heavy atom. The third kappa shape index (κ3) is 7.04. The molecule has 0 aliphatic heterocycles. The second kappa shape index (κ2) is 10.3. The van der Waals surface area contributed by atoms with Crippen molar-refractivity contribution in [1.29, 1.82) is 0 Å². The number of benzene rings is 1. The third-order valence-electron chi connectivity index (χ3n) is 3.35. The van der Waals surface area contributed by atoms with Crippen LogP contribution in [0.25, 0.3) is 0 Å². The van der Waals surface area contributed by atoms with E-state index in [9.17, 15) is 9.00 Å². The number of nitrogens with one attached hydrogen (secondary N) is 2. The number of carbonyl (C=O) groups excluding carboxylic acids is 1. The SMILES string of the molecule is CCC(CC)NC(=O)Nc1cccc(C[S@@](=O)CCOC)c1. The zero-order chi connectivity index (χ0) is 16.4. The molecule has 1 atom stereocenters. The molecule has 0 aliphatic carbocycles. The maximum Gasteiger partial charge on any atom is 0.319 e. The molecule has 0 spiro atoms. The molecule has 0 heterocycles. The number of ether oxygens (including phenoxy) is 1. The highest BCUT2D eigenvalue weighted by Gasteiger charge is 2.09. The van der Waals surface area contributed by atoms with Crippen molar-refractivity contribution in [1.82, 2.24) is 5.32 Å². The molecule has 0 saturated heterocycles. The van der Waals surface area contributed by atoms with Crippen LogP contribution in [0.5, 0.6) is 0 Å². The second-order valence-corrected chi connectivity index (χ2v) is 6.67. The van der Waals surface area contributed by atoms with Crippen LogP contribution in [0.3, 0.4) is 0 Å². The largest absolute Gasteiger partial charge is 0.384 e. The van der Waals surface area contributed by atoms with Gasteiger partial charge in [-0.3, -0.25) is 4.21 Å². The molecule has 1 aromatic rings. The molecule has 1 rings (SSSR count). The molecule has 124 valence electrons. The Morgan fingerprint density at radius 1 is 1.32 bits per heavy atom. The van der Waals surface area contributed by atoms with Gasteiger partial charge in [0.2, 0.25) is 0 Å². The van der Waals surface area contributed by atoms with E-state index in [1.165, 1.54) is 0 Å². The molecule has 2 amide bonds. The van der Waals surface area contributed by atoms with Crippen molar-refractivity contribution in [2.24, 2.45) is 0 Å². The first-order valence-electron chi connectivity index (χ1n) is 7.59. The molecule has 0 saturated carbocycles. The number of carbonyl (C=O) groups is 1. The lowest BCUT2D eigenvalue weighted by Crippen LogP contribution is -2.37. The fourth-order valence-corrected chi connectivity index (χ4v) is 3.07. The highest BCUT2D eigenvalue weighted by molar-refractivity contribution is 7.84. The second-order valence-electron chi connectivity index (χ2n) is 5.09. The van der Waals surface area contributed by atoms with Crippen molar-refractivity contribution in [3.8, 4) is 0 Å². The van der Waals surface area contributed by atoms with Gasteiger partial charge in [-0.05, 0) is 30.5 Å². The van der Waals surface area contributed by atoms with Gasteiger partial charge in [0.1, 0.15) is 0 Å². The monoisotopic (exact) mass is 326 g/mol. The predicted octanol–water partition coefficient (Wildman–Crippen LogP) is 2.89. The number of hydrogen-bond donors (Lipinski definition) is 2. The van der Waals surface area contributed by atoms with Crippen LogP contribution >= 0.6 is 0 Å². The van der Waals surface area contributed by atoms with Gasteiger partial charge in [0.25, 0.3) is 0 Å². The molecule has 0 aliphatic rings. The molecule has 0 aromatic heterocycles. The van der Waals surface area contributed by atoms with Crippen molar-refractivity contribution >= 4 is 22.5 Å². The normalized spacial score (nSPS) is 12.2. The topological polar surface area (TPSA) is 67.4 Å². The van der Waals surface area contributed by atoms with E-state index >= 15 is 0 Å². The van der Waals surface area contributed by atoms with Crippen LogP contribution in [0.4, 0.5) is 10.5 Å². The third-order valence-corrected chi connectivity index (χ3v) is 4.63. The number of amides is 2. The van der Waals surface area contributed by atoms with E-state index < -0.39 is 10.8 Å². The summed E-state index contributed by atoms with van der Waals surface area (Å²) in [4.78, 5) is 11.9. The number of methoxy groups -OCH3 is 1. The molecular weight excluding hydrogens is 300 g/mol. The first-order valence-corrected chi connectivity index (χ1v) is 9.08. The van der Waals surface area contributed by atoms with E-state index in [1.807, 2.05) is 38.1 Å². The maximum atomic E-state index is 11.9. The molecule has 6 heteroatoms. The van der Waals surface area contributed by atoms with Crippen LogP contribution in [0.15, 0.2) is 24.3 Å². The fraction of sp³-hybridized carbons (Fsp3) is 0.562. The summed E-state index contributed by atoms with van der Waals surface area (Å²) in [6.07, 6.45) is 1.81. The van der Waals surface area contributed by atoms with E-state index in [0.29, 0.717) is 23.8 Å². The molecule has 0 unspecified atom stereocenters. The molecule has 22 heavy (non-hydrogen) atoms. The van der Waals surface area contributed by atoms with Gasteiger partial charge in [0, 0.05) is 41.1 Å². The lowest BCUT2D eigenvalue weighted by atomic mass is 10.2. The highest BCUT2D eigenvalue weighted by Crippen LogP contribution is 2.12. The van der Waals surface area contributed by atoms with E-state index in [0.717, 1.165) is 18.4 Å². The lowest BCUT2D eigenvalue weighted by Gasteiger charge is -2.15. The summed E-state index contributed by atoms with van der Waals surface area (Å²) in [6.45, 7) is 4.58. The summed E-state index contributed by atoms with van der Waals surface area (Å²) >= 11 is 0. The standard InChI is InChI=1S/C16H26N2O3S/c1-4-14(5-2)17-16(19)18-15-8-6-7-13(11-15)12-22(20)10-9-21-3/h6-8,11,14H,4-5,9-10,12H2,1-3H3,(H2,17,18,19)/t22-/m0/s1. The van der Waals surface area contributed by atoms with Crippen molar-refractivity contribution in [2.45, 2.75) is 38.5 Å². The lowest BCUT2D eigenvalue weighted by molar-refractivity contribution is 0.218. The Balaban J connectivity index is 2.56. The number of anilines is 1. The Hall–Kier alpha value is -1.40. The van der Waals surface area contributed by atoms with Gasteiger partial charge in [-0.2, -0.15) is 0 Å². The van der Waals surface area contributed by atoms with Crippen molar-refractivity contribution in [3.63, 3.8) is 0 Å². The Labute approximate surface area is 135 Å². The summed E-state index contributed by atoms with van der Waals surface area (Å²) in [5, 5.41) is 5.75. The van der Waals surface area contributed by atoms with Crippen LogP contribution in [-0.2, 0) is 21.3 Å². The van der Waals surface area contributed by atoms with Crippen molar-refractivity contribution in [2.75, 3.05) is 24.8 Å². The first kappa shape index (κ1) is 18.6. The Bertz CT molecular complexity index is 490. The highest BCUT2D eigenvalue weighted by atomic mass is 32.2. The van der Waals surface area contributed by atoms with Gasteiger partial charge < -0.3 is 15.4 Å². The minimum Gasteiger partial charge on any atom is -0.384 e. The summed E-state index contributed by atoms with van der Waals surface area (Å²) in [5.41, 5.74) is 1.65. The van der Waals surface area contributed by atoms with E-state index in [4.69, 9.17) is 4.74 Å². The van der Waals surface area contributed by atoms with Gasteiger partial charge in [0.15, 0.2) is 0 Å². The van der Waals surface area contributed by atoms with Crippen LogP contribution < -0.4 is 10.6 Å². The molecule has 5 nitrogen and oxygen atoms in total. The first-order chi connectivity index (χ1) is 10.6. The summed E-state index contributed by atoms with van der Waals surface area (Å²) in [5.74, 6) is 0.983. The average Bonchev–Trinajstić information content (AvgIpc) is 2.50. The molecular formula is C16H26N2O3S. The molecule has 0 bridgehead atoms. The van der Waals surface area contributed by atoms with Gasteiger partial charge in [-0.15, -0.1) is 0 Å². The zero-order valence-electron chi connectivity index (χ0n) is 13.6. The summed E-state index contributed by atoms with van der Waals surface area (Å²) in [7, 11) is 0.640. The van der Waals surface area contributed by atoms with Gasteiger partial charge in [-0.1, -0.05) is 26.0 Å². The minimum atomic E-state index is -0.957. The Kier molecular flexibility index (Phi) is 8.77. The zero-order valence-corrected chi connectivity index (χ0v) is 14.4. The number of hydrogen-bond acceptors (Lipinski definition) is 3. The smallest absolute Gasteiger partial charge is 0.319 e. The quantitative estimate of drug-likeness (QED) is 0.733. The summed E-state index contributed by atoms with van der Waals surface area (Å²) < 4.78 is 16.8. The Morgan fingerprint density at radius 2 is 2.05 bits per heavy atom. The fourth-order valence-electron chi connectivity index (χ4n) is 2.02. The number of urea groups is 1. The minimum absolute atomic E-state index is 0.185. The number of rotatable bonds is 9. The van der Waals surface area contributed by atoms with Crippen molar-refractivity contribution < 1.29 is 13.7 Å². The van der Waals surface area contributed by atoms with E-state index in [1.54, 1.807) is 7.11 Å². The molecule has 0 fully saturated rings. The van der Waals surface area contributed by atoms with E-state index in [-0.39, 0.29) is 12.1 Å². The molecule has 0 radical (unpaired) electrons.